The van der Waals surface area contributed by atoms with Gasteiger partial charge in [0.05, 0.1) is 0 Å². The molecule has 0 saturated heterocycles. The highest BCUT2D eigenvalue weighted by Gasteiger charge is 2.14. The quantitative estimate of drug-likeness (QED) is 0.735. The number of carboxylic acid groups (broad SMARTS) is 1. The lowest BCUT2D eigenvalue weighted by Gasteiger charge is -2.00. The molecule has 14 heavy (non-hydrogen) atoms. The van der Waals surface area contributed by atoms with E-state index in [2.05, 4.69) is 6.92 Å². The predicted octanol–water partition coefficient (Wildman–Crippen LogP) is 2.54. The molecule has 1 rings (SSSR count). The van der Waals surface area contributed by atoms with Gasteiger partial charge in [-0.15, -0.1) is 0 Å². The van der Waals surface area contributed by atoms with E-state index >= 15 is 0 Å². The molecule has 0 saturated carbocycles. The summed E-state index contributed by atoms with van der Waals surface area (Å²) in [6.45, 7) is 2.09. The van der Waals surface area contributed by atoms with Crippen LogP contribution in [0.5, 0.6) is 0 Å². The second-order valence-corrected chi connectivity index (χ2v) is 3.84. The van der Waals surface area contributed by atoms with Crippen molar-refractivity contribution in [3.8, 4) is 0 Å². The van der Waals surface area contributed by atoms with Gasteiger partial charge in [-0.25, -0.2) is 4.79 Å². The highest BCUT2D eigenvalue weighted by molar-refractivity contribution is 7.08. The minimum absolute atomic E-state index is 0.294. The zero-order valence-corrected chi connectivity index (χ0v) is 8.86. The maximum atomic E-state index is 10.6. The molecule has 0 fully saturated rings. The number of nitrogens with one attached hydrogen (secondary N) is 1. The minimum atomic E-state index is -1.15. The summed E-state index contributed by atoms with van der Waals surface area (Å²) < 4.78 is 0. The van der Waals surface area contributed by atoms with Gasteiger partial charge >= 0.3 is 5.97 Å². The number of carboxylic acids is 1. The van der Waals surface area contributed by atoms with E-state index in [1.54, 1.807) is 5.38 Å². The van der Waals surface area contributed by atoms with Crippen LogP contribution in [0.2, 0.25) is 0 Å². The van der Waals surface area contributed by atoms with Gasteiger partial charge in [0.25, 0.3) is 0 Å². The molecule has 1 aromatic rings. The van der Waals surface area contributed by atoms with Gasteiger partial charge in [-0.3, -0.25) is 5.41 Å². The van der Waals surface area contributed by atoms with Crippen LogP contribution in [-0.2, 0) is 11.2 Å². The van der Waals surface area contributed by atoms with Crippen molar-refractivity contribution in [2.45, 2.75) is 26.2 Å². The highest BCUT2D eigenvalue weighted by Crippen LogP contribution is 2.18. The number of unbranched alkanes of at least 4 members (excludes halogenated alkanes) is 1. The van der Waals surface area contributed by atoms with Gasteiger partial charge in [0.2, 0.25) is 0 Å². The van der Waals surface area contributed by atoms with Crippen molar-refractivity contribution >= 4 is 23.0 Å². The second-order valence-electron chi connectivity index (χ2n) is 3.09. The standard InChI is InChI=1S/C10H13NO2S/c1-2-3-4-7-5-14-6-8(7)9(11)10(12)13/h5-6,11H,2-4H2,1H3,(H,12,13). The molecule has 2 N–H and O–H groups in total. The van der Waals surface area contributed by atoms with Crippen LogP contribution in [0.1, 0.15) is 30.9 Å². The molecule has 0 amide bonds. The topological polar surface area (TPSA) is 61.2 Å². The number of rotatable bonds is 5. The first-order valence-corrected chi connectivity index (χ1v) is 5.48. The third-order valence-electron chi connectivity index (χ3n) is 2.03. The minimum Gasteiger partial charge on any atom is -0.477 e. The summed E-state index contributed by atoms with van der Waals surface area (Å²) in [5.41, 5.74) is 1.28. The van der Waals surface area contributed by atoms with Crippen LogP contribution in [0.3, 0.4) is 0 Å². The largest absolute Gasteiger partial charge is 0.477 e. The first kappa shape index (κ1) is 10.9. The van der Waals surface area contributed by atoms with Gasteiger partial charge in [0.15, 0.2) is 0 Å². The molecule has 0 aromatic carbocycles. The van der Waals surface area contributed by atoms with Crippen molar-refractivity contribution in [2.75, 3.05) is 0 Å². The van der Waals surface area contributed by atoms with Crippen LogP contribution < -0.4 is 0 Å². The van der Waals surface area contributed by atoms with E-state index in [9.17, 15) is 4.79 Å². The highest BCUT2D eigenvalue weighted by atomic mass is 32.1. The van der Waals surface area contributed by atoms with Crippen LogP contribution >= 0.6 is 11.3 Å². The van der Waals surface area contributed by atoms with Gasteiger partial charge in [-0.05, 0) is 23.8 Å². The van der Waals surface area contributed by atoms with Gasteiger partial charge in [-0.2, -0.15) is 11.3 Å². The molecule has 3 nitrogen and oxygen atoms in total. The van der Waals surface area contributed by atoms with Gasteiger partial charge in [-0.1, -0.05) is 13.3 Å². The molecule has 0 radical (unpaired) electrons. The Balaban J connectivity index is 2.81. The number of hydrogen-bond acceptors (Lipinski definition) is 3. The van der Waals surface area contributed by atoms with Gasteiger partial charge in [0.1, 0.15) is 5.71 Å². The zero-order valence-electron chi connectivity index (χ0n) is 8.04. The first-order chi connectivity index (χ1) is 6.66. The molecule has 0 spiro atoms. The average Bonchev–Trinajstić information content (AvgIpc) is 2.61. The summed E-state index contributed by atoms with van der Waals surface area (Å²) in [6, 6.07) is 0. The van der Waals surface area contributed by atoms with Crippen LogP contribution in [0.25, 0.3) is 0 Å². The number of carbonyl (C=O) groups is 1. The van der Waals surface area contributed by atoms with Crippen LogP contribution in [0.15, 0.2) is 10.8 Å². The van der Waals surface area contributed by atoms with Crippen molar-refractivity contribution in [1.82, 2.24) is 0 Å². The SMILES string of the molecule is CCCCc1cscc1C(=N)C(=O)O. The lowest BCUT2D eigenvalue weighted by molar-refractivity contribution is -0.129. The third-order valence-corrected chi connectivity index (χ3v) is 2.82. The first-order valence-electron chi connectivity index (χ1n) is 4.54. The number of hydrogen-bond donors (Lipinski definition) is 2. The van der Waals surface area contributed by atoms with E-state index in [1.807, 2.05) is 5.38 Å². The van der Waals surface area contributed by atoms with Crippen LogP contribution in [0.4, 0.5) is 0 Å². The van der Waals surface area contributed by atoms with Crippen molar-refractivity contribution in [2.24, 2.45) is 0 Å². The van der Waals surface area contributed by atoms with Crippen molar-refractivity contribution in [3.63, 3.8) is 0 Å². The molecule has 1 aromatic heterocycles. The summed E-state index contributed by atoms with van der Waals surface area (Å²) in [6.07, 6.45) is 2.98. The van der Waals surface area contributed by atoms with E-state index in [1.165, 1.54) is 11.3 Å². The average molecular weight is 211 g/mol. The summed E-state index contributed by atoms with van der Waals surface area (Å²) in [5, 5.41) is 19.7. The number of aryl methyl sites for hydroxylation is 1. The van der Waals surface area contributed by atoms with E-state index < -0.39 is 5.97 Å². The van der Waals surface area contributed by atoms with Crippen molar-refractivity contribution < 1.29 is 9.90 Å². The molecule has 0 aliphatic heterocycles. The lowest BCUT2D eigenvalue weighted by atomic mass is 10.0. The van der Waals surface area contributed by atoms with E-state index in [-0.39, 0.29) is 5.71 Å². The normalized spacial score (nSPS) is 10.1. The smallest absolute Gasteiger partial charge is 0.354 e. The third kappa shape index (κ3) is 2.42. The lowest BCUT2D eigenvalue weighted by Crippen LogP contribution is -2.13. The fourth-order valence-electron chi connectivity index (χ4n) is 1.22. The second kappa shape index (κ2) is 4.91. The Bertz CT molecular complexity index is 344. The molecular formula is C10H13NO2S. The molecule has 0 aliphatic rings. The molecule has 76 valence electrons. The Morgan fingerprint density at radius 2 is 2.29 bits per heavy atom. The molecule has 0 unspecified atom stereocenters. The summed E-state index contributed by atoms with van der Waals surface area (Å²) in [4.78, 5) is 10.6. The molecular weight excluding hydrogens is 198 g/mol. The Labute approximate surface area is 86.9 Å². The van der Waals surface area contributed by atoms with Crippen LogP contribution in [0, 0.1) is 5.41 Å². The van der Waals surface area contributed by atoms with E-state index in [4.69, 9.17) is 10.5 Å². The molecule has 1 heterocycles. The van der Waals surface area contributed by atoms with Crippen LogP contribution in [-0.4, -0.2) is 16.8 Å². The Morgan fingerprint density at radius 1 is 1.57 bits per heavy atom. The van der Waals surface area contributed by atoms with Gasteiger partial charge in [0, 0.05) is 10.9 Å². The Kier molecular flexibility index (Phi) is 3.83. The molecule has 0 bridgehead atoms. The van der Waals surface area contributed by atoms with E-state index in [0.717, 1.165) is 24.8 Å². The van der Waals surface area contributed by atoms with Crippen molar-refractivity contribution in [3.05, 3.63) is 21.9 Å². The number of thiophene rings is 1. The fraction of sp³-hybridized carbons (Fsp3) is 0.400. The summed E-state index contributed by atoms with van der Waals surface area (Å²) in [5.74, 6) is -1.15. The molecule has 4 heteroatoms. The Morgan fingerprint density at radius 3 is 2.86 bits per heavy atom. The maximum absolute atomic E-state index is 10.6. The predicted molar refractivity (Wildman–Crippen MR) is 57.4 cm³/mol. The Hall–Kier alpha value is -1.16. The molecule has 0 atom stereocenters. The number of aliphatic carboxylic acids is 1. The van der Waals surface area contributed by atoms with E-state index in [0.29, 0.717) is 5.56 Å². The van der Waals surface area contributed by atoms with Crippen molar-refractivity contribution in [1.29, 1.82) is 5.41 Å². The maximum Gasteiger partial charge on any atom is 0.354 e. The summed E-state index contributed by atoms with van der Waals surface area (Å²) in [7, 11) is 0. The molecule has 0 aliphatic carbocycles. The summed E-state index contributed by atoms with van der Waals surface area (Å²) >= 11 is 1.46. The fourth-order valence-corrected chi connectivity index (χ4v) is 2.10. The monoisotopic (exact) mass is 211 g/mol. The zero-order chi connectivity index (χ0) is 10.6. The van der Waals surface area contributed by atoms with Gasteiger partial charge < -0.3 is 5.11 Å².